The number of aromatic nitrogens is 5. The Kier molecular flexibility index (Phi) is 7.61. The number of rotatable bonds is 6. The molecule has 0 amide bonds. The summed E-state index contributed by atoms with van der Waals surface area (Å²) in [5.74, 6) is 2.72. The monoisotopic (exact) mass is 773 g/mol. The number of nitrogens with zero attached hydrogens (tertiary/aromatic N) is 5. The molecule has 7 heteroatoms. The quantitative estimate of drug-likeness (QED) is 0.168. The number of hydrogen-bond acceptors (Lipinski definition) is 6. The molecule has 6 nitrogen and oxygen atoms in total. The van der Waals surface area contributed by atoms with Gasteiger partial charge in [-0.15, -0.1) is 11.3 Å². The van der Waals surface area contributed by atoms with Crippen LogP contribution < -0.4 is 0 Å². The molecule has 0 N–H and O–H groups in total. The molecular formula is C52H31N5OS. The maximum Gasteiger partial charge on any atom is 0.167 e. The fourth-order valence-electron chi connectivity index (χ4n) is 8.28. The highest BCUT2D eigenvalue weighted by Crippen LogP contribution is 2.42. The first-order valence-electron chi connectivity index (χ1n) is 19.5. The van der Waals surface area contributed by atoms with E-state index in [2.05, 4.69) is 120 Å². The van der Waals surface area contributed by atoms with Crippen molar-refractivity contribution in [2.24, 2.45) is 0 Å². The minimum atomic E-state index is 0.571. The third kappa shape index (κ3) is 5.55. The van der Waals surface area contributed by atoms with E-state index in [1.54, 1.807) is 11.3 Å². The van der Waals surface area contributed by atoms with Gasteiger partial charge in [-0.25, -0.2) is 19.9 Å². The Morgan fingerprint density at radius 2 is 1.07 bits per heavy atom. The third-order valence-corrected chi connectivity index (χ3v) is 12.3. The zero-order valence-corrected chi connectivity index (χ0v) is 32.3. The van der Waals surface area contributed by atoms with Crippen molar-refractivity contribution in [1.29, 1.82) is 0 Å². The Morgan fingerprint density at radius 3 is 1.92 bits per heavy atom. The fourth-order valence-corrected chi connectivity index (χ4v) is 9.47. The molecule has 4 heterocycles. The molecule has 276 valence electrons. The van der Waals surface area contributed by atoms with E-state index in [-0.39, 0.29) is 0 Å². The molecule has 8 aromatic carbocycles. The summed E-state index contributed by atoms with van der Waals surface area (Å²) < 4.78 is 11.0. The summed E-state index contributed by atoms with van der Waals surface area (Å²) >= 11 is 1.77. The van der Waals surface area contributed by atoms with Gasteiger partial charge >= 0.3 is 0 Å². The van der Waals surface area contributed by atoms with Crippen molar-refractivity contribution < 1.29 is 4.42 Å². The van der Waals surface area contributed by atoms with Crippen LogP contribution in [0.15, 0.2) is 192 Å². The molecule has 12 rings (SSSR count). The Bertz CT molecular complexity index is 3550. The van der Waals surface area contributed by atoms with Crippen LogP contribution in [0, 0.1) is 0 Å². The first kappa shape index (κ1) is 33.4. The molecule has 0 spiro atoms. The lowest BCUT2D eigenvalue weighted by Crippen LogP contribution is -2.00. The smallest absolute Gasteiger partial charge is 0.167 e. The average molecular weight is 774 g/mol. The van der Waals surface area contributed by atoms with Crippen LogP contribution in [0.25, 0.3) is 116 Å². The van der Waals surface area contributed by atoms with Gasteiger partial charge in [0.05, 0.1) is 16.6 Å². The minimum Gasteiger partial charge on any atom is -0.455 e. The molecule has 0 atom stereocenters. The highest BCUT2D eigenvalue weighted by atomic mass is 32.1. The molecule has 0 saturated carbocycles. The number of para-hydroxylation sites is 5. The van der Waals surface area contributed by atoms with Gasteiger partial charge in [0, 0.05) is 53.3 Å². The number of thiophene rings is 1. The molecule has 0 radical (unpaired) electrons. The number of furan rings is 1. The van der Waals surface area contributed by atoms with Gasteiger partial charge in [-0.05, 0) is 65.7 Å². The summed E-state index contributed by atoms with van der Waals surface area (Å²) in [5.41, 5.74) is 10.8. The van der Waals surface area contributed by atoms with Crippen molar-refractivity contribution >= 4 is 64.5 Å². The van der Waals surface area contributed by atoms with E-state index in [0.717, 1.165) is 82.6 Å². The first-order chi connectivity index (χ1) is 29.2. The van der Waals surface area contributed by atoms with Crippen LogP contribution in [0.2, 0.25) is 0 Å². The predicted octanol–water partition coefficient (Wildman–Crippen LogP) is 13.8. The molecule has 0 unspecified atom stereocenters. The largest absolute Gasteiger partial charge is 0.455 e. The standard InChI is InChI=1S/C52H31N5OS/c1-3-13-33(14-4-1)49-54-50(40-20-11-18-38-37-17-7-10-24-45(37)58-47(38)40)56-51(55-49)41-21-12-19-39-42-31-35(29-30-46(42)59-48(39)41)32-25-27-34(28-26-32)52-53-43-22-8-9-23-44(43)57(52)36-15-5-2-6-16-36/h1-31H. The maximum absolute atomic E-state index is 6.45. The van der Waals surface area contributed by atoms with E-state index in [4.69, 9.17) is 24.4 Å². The second-order valence-corrected chi connectivity index (χ2v) is 15.7. The molecular weight excluding hydrogens is 743 g/mol. The van der Waals surface area contributed by atoms with Crippen LogP contribution in [-0.2, 0) is 0 Å². The van der Waals surface area contributed by atoms with E-state index in [9.17, 15) is 0 Å². The van der Waals surface area contributed by atoms with Gasteiger partial charge in [-0.1, -0.05) is 133 Å². The van der Waals surface area contributed by atoms with E-state index in [0.29, 0.717) is 17.5 Å². The number of hydrogen-bond donors (Lipinski definition) is 0. The zero-order chi connectivity index (χ0) is 38.9. The van der Waals surface area contributed by atoms with Crippen molar-refractivity contribution in [2.75, 3.05) is 0 Å². The molecule has 4 aromatic heterocycles. The highest BCUT2D eigenvalue weighted by Gasteiger charge is 2.20. The van der Waals surface area contributed by atoms with Crippen LogP contribution in [0.1, 0.15) is 0 Å². The molecule has 0 bridgehead atoms. The summed E-state index contributed by atoms with van der Waals surface area (Å²) in [6, 6.07) is 65.1. The normalized spacial score (nSPS) is 11.7. The van der Waals surface area contributed by atoms with E-state index in [1.807, 2.05) is 72.8 Å². The van der Waals surface area contributed by atoms with Crippen LogP contribution in [0.4, 0.5) is 0 Å². The van der Waals surface area contributed by atoms with Crippen molar-refractivity contribution in [3.63, 3.8) is 0 Å². The van der Waals surface area contributed by atoms with Crippen molar-refractivity contribution in [3.05, 3.63) is 188 Å². The predicted molar refractivity (Wildman–Crippen MR) is 242 cm³/mol. The Balaban J connectivity index is 0.964. The van der Waals surface area contributed by atoms with E-state index in [1.165, 1.54) is 15.5 Å². The number of benzene rings is 8. The molecule has 0 aliphatic rings. The van der Waals surface area contributed by atoms with Crippen LogP contribution in [0.5, 0.6) is 0 Å². The topological polar surface area (TPSA) is 69.6 Å². The molecule has 0 aliphatic heterocycles. The Labute approximate surface area is 342 Å². The van der Waals surface area contributed by atoms with E-state index < -0.39 is 0 Å². The third-order valence-electron chi connectivity index (χ3n) is 11.1. The molecule has 12 aromatic rings. The summed E-state index contributed by atoms with van der Waals surface area (Å²) in [4.78, 5) is 20.5. The lowest BCUT2D eigenvalue weighted by molar-refractivity contribution is 0.669. The van der Waals surface area contributed by atoms with Gasteiger partial charge < -0.3 is 4.42 Å². The fraction of sp³-hybridized carbons (Fsp3) is 0. The number of imidazole rings is 1. The summed E-state index contributed by atoms with van der Waals surface area (Å²) in [7, 11) is 0. The van der Waals surface area contributed by atoms with Crippen LogP contribution in [0.3, 0.4) is 0 Å². The van der Waals surface area contributed by atoms with Gasteiger partial charge in [-0.3, -0.25) is 4.57 Å². The summed E-state index contributed by atoms with van der Waals surface area (Å²) in [6.45, 7) is 0. The van der Waals surface area contributed by atoms with Gasteiger partial charge in [0.15, 0.2) is 17.5 Å². The SMILES string of the molecule is c1ccc(-c2nc(-c3cccc4c3oc3ccccc34)nc(-c3cccc4c3sc3ccc(-c5ccc(-c6nc7ccccc7n6-c6ccccc6)cc5)cc34)n2)cc1. The van der Waals surface area contributed by atoms with Crippen molar-refractivity contribution in [2.45, 2.75) is 0 Å². The van der Waals surface area contributed by atoms with Crippen molar-refractivity contribution in [3.8, 4) is 62.4 Å². The summed E-state index contributed by atoms with van der Waals surface area (Å²) in [5, 5.41) is 4.46. The lowest BCUT2D eigenvalue weighted by atomic mass is 10.0. The molecule has 0 fully saturated rings. The molecule has 0 saturated heterocycles. The van der Waals surface area contributed by atoms with Crippen molar-refractivity contribution in [1.82, 2.24) is 24.5 Å². The highest BCUT2D eigenvalue weighted by molar-refractivity contribution is 7.26. The second kappa shape index (κ2) is 13.4. The second-order valence-electron chi connectivity index (χ2n) is 14.6. The first-order valence-corrected chi connectivity index (χ1v) is 20.4. The zero-order valence-electron chi connectivity index (χ0n) is 31.5. The molecule has 59 heavy (non-hydrogen) atoms. The Hall–Kier alpha value is -7.74. The van der Waals surface area contributed by atoms with Gasteiger partial charge in [0.25, 0.3) is 0 Å². The summed E-state index contributed by atoms with van der Waals surface area (Å²) in [6.07, 6.45) is 0. The van der Waals surface area contributed by atoms with Gasteiger partial charge in [0.2, 0.25) is 0 Å². The molecule has 0 aliphatic carbocycles. The lowest BCUT2D eigenvalue weighted by Gasteiger charge is -2.10. The van der Waals surface area contributed by atoms with E-state index >= 15 is 0 Å². The maximum atomic E-state index is 6.45. The van der Waals surface area contributed by atoms with Crippen LogP contribution in [-0.4, -0.2) is 24.5 Å². The average Bonchev–Trinajstić information content (AvgIpc) is 4.01. The number of fused-ring (bicyclic) bond motifs is 7. The van der Waals surface area contributed by atoms with Crippen LogP contribution >= 0.6 is 11.3 Å². The van der Waals surface area contributed by atoms with Gasteiger partial charge in [-0.2, -0.15) is 0 Å². The minimum absolute atomic E-state index is 0.571. The Morgan fingerprint density at radius 1 is 0.424 bits per heavy atom. The van der Waals surface area contributed by atoms with Gasteiger partial charge in [0.1, 0.15) is 17.0 Å².